The minimum absolute atomic E-state index is 0.328. The molecule has 0 aromatic rings. The smallest absolute Gasteiger partial charge is 0.141 e. The van der Waals surface area contributed by atoms with Crippen LogP contribution in [0.25, 0.3) is 0 Å². The average molecular weight is 148 g/mol. The summed E-state index contributed by atoms with van der Waals surface area (Å²) in [6, 6.07) is 0. The molecule has 0 aromatic heterocycles. The molecule has 2 unspecified atom stereocenters. The van der Waals surface area contributed by atoms with Gasteiger partial charge >= 0.3 is 0 Å². The topological polar surface area (TPSA) is 0 Å². The molecule has 60 valence electrons. The van der Waals surface area contributed by atoms with Crippen molar-refractivity contribution in [3.63, 3.8) is 0 Å². The molecule has 0 aromatic carbocycles. The second-order valence-corrected chi connectivity index (χ2v) is 3.10. The average Bonchev–Trinajstić information content (AvgIpc) is 1.96. The third-order valence-corrected chi connectivity index (χ3v) is 2.45. The number of hydrogen-bond acceptors (Lipinski definition) is 0. The Morgan fingerprint density at radius 1 is 1.50 bits per heavy atom. The number of rotatable bonds is 1. The van der Waals surface area contributed by atoms with Gasteiger partial charge in [-0.3, -0.25) is 0 Å². The molecule has 1 aliphatic carbocycles. The van der Waals surface area contributed by atoms with Crippen molar-refractivity contribution in [1.29, 1.82) is 0 Å². The predicted octanol–water partition coefficient (Wildman–Crippen LogP) is 3.02. The number of hydrogen-bond donors (Lipinski definition) is 0. The monoisotopic (exact) mass is 148 g/mol. The molecular formula is C8H14F2. The molecule has 0 spiro atoms. The Kier molecular flexibility index (Phi) is 2.27. The third kappa shape index (κ3) is 1.30. The summed E-state index contributed by atoms with van der Waals surface area (Å²) in [6.07, 6.45) is 1.67. The standard InChI is InChI=1S/C8H14F2/c1-2-8(10)6-4-3-5-7(8)9/h7H,2-6H2,1H3. The van der Waals surface area contributed by atoms with Crippen LogP contribution in [-0.2, 0) is 0 Å². The molecule has 0 heterocycles. The van der Waals surface area contributed by atoms with Gasteiger partial charge in [0.2, 0.25) is 0 Å². The van der Waals surface area contributed by atoms with Crippen LogP contribution in [0.1, 0.15) is 39.0 Å². The number of alkyl halides is 2. The largest absolute Gasteiger partial charge is 0.244 e. The minimum atomic E-state index is -1.49. The van der Waals surface area contributed by atoms with Gasteiger partial charge in [-0.2, -0.15) is 0 Å². The van der Waals surface area contributed by atoms with E-state index in [1.54, 1.807) is 6.92 Å². The Bertz CT molecular complexity index is 114. The van der Waals surface area contributed by atoms with Crippen molar-refractivity contribution in [2.45, 2.75) is 50.9 Å². The third-order valence-electron chi connectivity index (χ3n) is 2.45. The first-order chi connectivity index (χ1) is 4.69. The molecule has 1 fully saturated rings. The molecule has 2 heteroatoms. The summed E-state index contributed by atoms with van der Waals surface area (Å²) in [6.45, 7) is 1.72. The zero-order valence-corrected chi connectivity index (χ0v) is 6.37. The Morgan fingerprint density at radius 3 is 2.60 bits per heavy atom. The lowest BCUT2D eigenvalue weighted by molar-refractivity contribution is 0.00942. The molecule has 10 heavy (non-hydrogen) atoms. The van der Waals surface area contributed by atoms with Crippen LogP contribution >= 0.6 is 0 Å². The van der Waals surface area contributed by atoms with Crippen molar-refractivity contribution < 1.29 is 8.78 Å². The van der Waals surface area contributed by atoms with E-state index < -0.39 is 11.8 Å². The molecular weight excluding hydrogens is 134 g/mol. The van der Waals surface area contributed by atoms with E-state index >= 15 is 0 Å². The van der Waals surface area contributed by atoms with E-state index in [0.29, 0.717) is 19.3 Å². The molecule has 0 radical (unpaired) electrons. The highest BCUT2D eigenvalue weighted by molar-refractivity contribution is 4.89. The Morgan fingerprint density at radius 2 is 2.20 bits per heavy atom. The zero-order chi connectivity index (χ0) is 7.61. The Labute approximate surface area is 60.6 Å². The van der Waals surface area contributed by atoms with Crippen LogP contribution in [0.2, 0.25) is 0 Å². The first-order valence-corrected chi connectivity index (χ1v) is 4.02. The summed E-state index contributed by atoms with van der Waals surface area (Å²) >= 11 is 0. The van der Waals surface area contributed by atoms with E-state index in [1.165, 1.54) is 0 Å². The molecule has 1 saturated carbocycles. The van der Waals surface area contributed by atoms with E-state index in [-0.39, 0.29) is 0 Å². The van der Waals surface area contributed by atoms with Crippen LogP contribution < -0.4 is 0 Å². The Hall–Kier alpha value is -0.140. The fourth-order valence-electron chi connectivity index (χ4n) is 1.56. The quantitative estimate of drug-likeness (QED) is 0.536. The van der Waals surface area contributed by atoms with Crippen LogP contribution in [0, 0.1) is 0 Å². The maximum atomic E-state index is 13.3. The summed E-state index contributed by atoms with van der Waals surface area (Å²) in [7, 11) is 0. The van der Waals surface area contributed by atoms with E-state index in [9.17, 15) is 8.78 Å². The van der Waals surface area contributed by atoms with Gasteiger partial charge in [0.25, 0.3) is 0 Å². The summed E-state index contributed by atoms with van der Waals surface area (Å²) < 4.78 is 26.2. The molecule has 2 atom stereocenters. The summed E-state index contributed by atoms with van der Waals surface area (Å²) in [5, 5.41) is 0. The summed E-state index contributed by atoms with van der Waals surface area (Å²) in [5.41, 5.74) is -1.49. The molecule has 1 aliphatic rings. The van der Waals surface area contributed by atoms with Crippen molar-refractivity contribution >= 4 is 0 Å². The molecule has 0 bridgehead atoms. The van der Waals surface area contributed by atoms with Gasteiger partial charge in [-0.05, 0) is 19.3 Å². The molecule has 0 saturated heterocycles. The summed E-state index contributed by atoms with van der Waals surface area (Å²) in [5.74, 6) is 0. The van der Waals surface area contributed by atoms with Gasteiger partial charge in [-0.15, -0.1) is 0 Å². The molecule has 1 rings (SSSR count). The van der Waals surface area contributed by atoms with Gasteiger partial charge in [0.15, 0.2) is 0 Å². The van der Waals surface area contributed by atoms with E-state index in [2.05, 4.69) is 0 Å². The van der Waals surface area contributed by atoms with Crippen molar-refractivity contribution in [2.75, 3.05) is 0 Å². The summed E-state index contributed by atoms with van der Waals surface area (Å²) in [4.78, 5) is 0. The van der Waals surface area contributed by atoms with Gasteiger partial charge in [0, 0.05) is 0 Å². The highest BCUT2D eigenvalue weighted by Gasteiger charge is 2.39. The molecule has 0 nitrogen and oxygen atoms in total. The van der Waals surface area contributed by atoms with E-state index in [0.717, 1.165) is 12.8 Å². The van der Waals surface area contributed by atoms with Gasteiger partial charge < -0.3 is 0 Å². The van der Waals surface area contributed by atoms with Gasteiger partial charge in [0.1, 0.15) is 11.8 Å². The fraction of sp³-hybridized carbons (Fsp3) is 1.00. The first-order valence-electron chi connectivity index (χ1n) is 4.02. The lowest BCUT2D eigenvalue weighted by Gasteiger charge is -2.31. The zero-order valence-electron chi connectivity index (χ0n) is 6.37. The molecule has 0 aliphatic heterocycles. The minimum Gasteiger partial charge on any atom is -0.244 e. The number of halogens is 2. The predicted molar refractivity (Wildman–Crippen MR) is 37.5 cm³/mol. The van der Waals surface area contributed by atoms with E-state index in [4.69, 9.17) is 0 Å². The highest BCUT2D eigenvalue weighted by Crippen LogP contribution is 2.36. The SMILES string of the molecule is CCC1(F)CCCCC1F. The van der Waals surface area contributed by atoms with Crippen LogP contribution in [0.15, 0.2) is 0 Å². The van der Waals surface area contributed by atoms with Gasteiger partial charge in [-0.25, -0.2) is 8.78 Å². The maximum absolute atomic E-state index is 13.3. The van der Waals surface area contributed by atoms with Gasteiger partial charge in [-0.1, -0.05) is 19.8 Å². The van der Waals surface area contributed by atoms with Crippen molar-refractivity contribution in [3.05, 3.63) is 0 Å². The fourth-order valence-corrected chi connectivity index (χ4v) is 1.56. The second-order valence-electron chi connectivity index (χ2n) is 3.10. The lowest BCUT2D eigenvalue weighted by Crippen LogP contribution is -2.37. The Balaban J connectivity index is 2.54. The van der Waals surface area contributed by atoms with Crippen LogP contribution in [0.3, 0.4) is 0 Å². The first kappa shape index (κ1) is 7.96. The van der Waals surface area contributed by atoms with Crippen LogP contribution in [-0.4, -0.2) is 11.8 Å². The maximum Gasteiger partial charge on any atom is 0.141 e. The normalized spacial score (nSPS) is 41.7. The van der Waals surface area contributed by atoms with Crippen molar-refractivity contribution in [3.8, 4) is 0 Å². The van der Waals surface area contributed by atoms with Crippen molar-refractivity contribution in [1.82, 2.24) is 0 Å². The lowest BCUT2D eigenvalue weighted by atomic mass is 9.83. The van der Waals surface area contributed by atoms with Gasteiger partial charge in [0.05, 0.1) is 0 Å². The van der Waals surface area contributed by atoms with E-state index in [1.807, 2.05) is 0 Å². The van der Waals surface area contributed by atoms with Crippen LogP contribution in [0.4, 0.5) is 8.78 Å². The molecule has 0 N–H and O–H groups in total. The highest BCUT2D eigenvalue weighted by atomic mass is 19.2. The molecule has 0 amide bonds. The van der Waals surface area contributed by atoms with Crippen LogP contribution in [0.5, 0.6) is 0 Å². The van der Waals surface area contributed by atoms with Crippen molar-refractivity contribution in [2.24, 2.45) is 0 Å². The second kappa shape index (κ2) is 2.85.